The lowest BCUT2D eigenvalue weighted by Crippen LogP contribution is -2.22. The maximum Gasteiger partial charge on any atom is 0.290 e. The highest BCUT2D eigenvalue weighted by molar-refractivity contribution is 6.30. The molecule has 2 aromatic carbocycles. The molecule has 2 N–H and O–H groups in total. The number of aromatic nitrogens is 2. The van der Waals surface area contributed by atoms with E-state index in [1.807, 2.05) is 84.4 Å². The standard InChI is InChI=1S/C23H20ClN3O.C3H5Cl.CH2O2/c1-16-5-7-17(8-6-16)14-25-23(28)19-9-10-27-15-21(26-22(27)13-19)12-18-3-2-4-20(24)11-18;1-3(2)4;2-1-3/h2-11,13,15H,12,14H2,1H3,(H,25,28);1H2,2H3;1H,(H,2,3). The van der Waals surface area contributed by atoms with Crippen molar-refractivity contribution in [1.29, 1.82) is 0 Å². The zero-order chi connectivity index (χ0) is 25.8. The first-order valence-corrected chi connectivity index (χ1v) is 11.4. The number of imidazole rings is 1. The number of aryl methyl sites for hydroxylation is 1. The molecule has 0 bridgehead atoms. The lowest BCUT2D eigenvalue weighted by molar-refractivity contribution is -0.122. The van der Waals surface area contributed by atoms with E-state index in [0.717, 1.165) is 22.5 Å². The summed E-state index contributed by atoms with van der Waals surface area (Å²) in [5.74, 6) is -0.109. The van der Waals surface area contributed by atoms with Crippen molar-refractivity contribution in [3.63, 3.8) is 0 Å². The first kappa shape index (κ1) is 27.6. The third kappa shape index (κ3) is 9.65. The Balaban J connectivity index is 0.000000551. The smallest absolute Gasteiger partial charge is 0.290 e. The number of nitrogens with zero attached hydrogens (tertiary/aromatic N) is 2. The van der Waals surface area contributed by atoms with E-state index >= 15 is 0 Å². The van der Waals surface area contributed by atoms with Crippen LogP contribution in [0.1, 0.15) is 39.7 Å². The molecule has 4 rings (SSSR count). The van der Waals surface area contributed by atoms with Gasteiger partial charge in [-0.1, -0.05) is 71.7 Å². The first-order valence-electron chi connectivity index (χ1n) is 10.7. The summed E-state index contributed by atoms with van der Waals surface area (Å²) in [6, 6.07) is 19.5. The Hall–Kier alpha value is -3.61. The molecule has 0 fully saturated rings. The van der Waals surface area contributed by atoms with Crippen LogP contribution in [0.2, 0.25) is 5.02 Å². The second-order valence-electron chi connectivity index (χ2n) is 7.67. The van der Waals surface area contributed by atoms with Crippen LogP contribution in [0.3, 0.4) is 0 Å². The molecule has 2 heterocycles. The Morgan fingerprint density at radius 1 is 1.14 bits per heavy atom. The van der Waals surface area contributed by atoms with Crippen LogP contribution in [-0.2, 0) is 17.8 Å². The van der Waals surface area contributed by atoms with Gasteiger partial charge in [-0.15, -0.1) is 0 Å². The van der Waals surface area contributed by atoms with Crippen molar-refractivity contribution < 1.29 is 14.7 Å². The summed E-state index contributed by atoms with van der Waals surface area (Å²) >= 11 is 11.1. The van der Waals surface area contributed by atoms with Crippen LogP contribution in [-0.4, -0.2) is 26.9 Å². The van der Waals surface area contributed by atoms with Gasteiger partial charge in [-0.2, -0.15) is 0 Å². The van der Waals surface area contributed by atoms with E-state index in [4.69, 9.17) is 33.1 Å². The van der Waals surface area contributed by atoms with Gasteiger partial charge in [-0.25, -0.2) is 4.98 Å². The number of amides is 1. The molecule has 35 heavy (non-hydrogen) atoms. The third-order valence-corrected chi connectivity index (χ3v) is 4.86. The Labute approximate surface area is 214 Å². The lowest BCUT2D eigenvalue weighted by atomic mass is 10.1. The van der Waals surface area contributed by atoms with Crippen LogP contribution < -0.4 is 5.32 Å². The SMILES string of the molecule is C=C(C)Cl.Cc1ccc(CNC(=O)c2ccn3cc(Cc4cccc(Cl)c4)nc3c2)cc1.O=CO. The zero-order valence-electron chi connectivity index (χ0n) is 19.5. The van der Waals surface area contributed by atoms with Crippen molar-refractivity contribution in [2.45, 2.75) is 26.8 Å². The molecular formula is C27H27Cl2N3O3. The number of hydrogen-bond acceptors (Lipinski definition) is 3. The minimum Gasteiger partial charge on any atom is -0.483 e. The molecular weight excluding hydrogens is 485 g/mol. The van der Waals surface area contributed by atoms with E-state index < -0.39 is 0 Å². The highest BCUT2D eigenvalue weighted by Gasteiger charge is 2.09. The van der Waals surface area contributed by atoms with Gasteiger partial charge in [0, 0.05) is 41.0 Å². The van der Waals surface area contributed by atoms with E-state index in [0.29, 0.717) is 28.6 Å². The molecule has 0 saturated carbocycles. The summed E-state index contributed by atoms with van der Waals surface area (Å²) in [6.45, 7) is 7.35. The van der Waals surface area contributed by atoms with Gasteiger partial charge in [0.25, 0.3) is 12.4 Å². The molecule has 0 saturated heterocycles. The zero-order valence-corrected chi connectivity index (χ0v) is 21.1. The number of carboxylic acid groups (broad SMARTS) is 1. The normalized spacial score (nSPS) is 9.83. The van der Waals surface area contributed by atoms with Crippen molar-refractivity contribution in [1.82, 2.24) is 14.7 Å². The second-order valence-corrected chi connectivity index (χ2v) is 8.75. The first-order chi connectivity index (χ1) is 16.7. The monoisotopic (exact) mass is 511 g/mol. The summed E-state index contributed by atoms with van der Waals surface area (Å²) in [6.07, 6.45) is 4.53. The molecule has 0 aliphatic heterocycles. The third-order valence-electron chi connectivity index (χ3n) is 4.62. The van der Waals surface area contributed by atoms with E-state index in [1.54, 1.807) is 6.92 Å². The number of allylic oxidation sites excluding steroid dienone is 1. The van der Waals surface area contributed by atoms with Crippen molar-refractivity contribution >= 4 is 41.2 Å². The molecule has 4 aromatic rings. The maximum atomic E-state index is 12.5. The molecule has 182 valence electrons. The molecule has 0 spiro atoms. The number of rotatable bonds is 5. The van der Waals surface area contributed by atoms with Gasteiger partial charge in [0.15, 0.2) is 0 Å². The van der Waals surface area contributed by atoms with Crippen LogP contribution in [0, 0.1) is 6.92 Å². The molecule has 0 unspecified atom stereocenters. The van der Waals surface area contributed by atoms with Gasteiger partial charge in [-0.3, -0.25) is 9.59 Å². The van der Waals surface area contributed by atoms with E-state index in [-0.39, 0.29) is 12.4 Å². The van der Waals surface area contributed by atoms with Crippen LogP contribution >= 0.6 is 23.2 Å². The maximum absolute atomic E-state index is 12.5. The second kappa shape index (κ2) is 13.9. The quantitative estimate of drug-likeness (QED) is 0.309. The summed E-state index contributed by atoms with van der Waals surface area (Å²) in [5, 5.41) is 11.2. The van der Waals surface area contributed by atoms with Crippen LogP contribution in [0.4, 0.5) is 0 Å². The number of benzene rings is 2. The van der Waals surface area contributed by atoms with Crippen molar-refractivity contribution in [2.24, 2.45) is 0 Å². The fourth-order valence-electron chi connectivity index (χ4n) is 3.11. The number of hydrogen-bond donors (Lipinski definition) is 2. The molecule has 0 aliphatic carbocycles. The molecule has 2 aromatic heterocycles. The highest BCUT2D eigenvalue weighted by atomic mass is 35.5. The molecule has 8 heteroatoms. The van der Waals surface area contributed by atoms with E-state index in [9.17, 15) is 4.79 Å². The highest BCUT2D eigenvalue weighted by Crippen LogP contribution is 2.16. The number of halogens is 2. The fourth-order valence-corrected chi connectivity index (χ4v) is 3.32. The van der Waals surface area contributed by atoms with Gasteiger partial charge in [-0.05, 0) is 49.2 Å². The number of fused-ring (bicyclic) bond motifs is 1. The van der Waals surface area contributed by atoms with Crippen molar-refractivity contribution in [2.75, 3.05) is 0 Å². The average Bonchev–Trinajstić information content (AvgIpc) is 3.20. The Bertz CT molecular complexity index is 1280. The van der Waals surface area contributed by atoms with Gasteiger partial charge in [0.05, 0.1) is 5.69 Å². The minimum atomic E-state index is -0.250. The van der Waals surface area contributed by atoms with Gasteiger partial charge >= 0.3 is 0 Å². The topological polar surface area (TPSA) is 83.7 Å². The van der Waals surface area contributed by atoms with Crippen molar-refractivity contribution in [3.05, 3.63) is 118 Å². The van der Waals surface area contributed by atoms with E-state index in [1.165, 1.54) is 5.56 Å². The molecule has 0 aliphatic rings. The van der Waals surface area contributed by atoms with Gasteiger partial charge < -0.3 is 14.8 Å². The largest absolute Gasteiger partial charge is 0.483 e. The number of nitrogens with one attached hydrogen (secondary N) is 1. The predicted octanol–water partition coefficient (Wildman–Crippen LogP) is 6.28. The summed E-state index contributed by atoms with van der Waals surface area (Å²) in [7, 11) is 0. The van der Waals surface area contributed by atoms with Gasteiger partial charge in [0.2, 0.25) is 0 Å². The average molecular weight is 512 g/mol. The van der Waals surface area contributed by atoms with Crippen molar-refractivity contribution in [3.8, 4) is 0 Å². The van der Waals surface area contributed by atoms with Gasteiger partial charge in [0.1, 0.15) is 5.65 Å². The Kier molecular flexibility index (Phi) is 11.0. The molecule has 0 radical (unpaired) electrons. The lowest BCUT2D eigenvalue weighted by Gasteiger charge is -2.06. The number of pyridine rings is 1. The molecule has 1 amide bonds. The van der Waals surface area contributed by atoms with Crippen LogP contribution in [0.25, 0.3) is 5.65 Å². The van der Waals surface area contributed by atoms with Crippen LogP contribution in [0.5, 0.6) is 0 Å². The predicted molar refractivity (Wildman–Crippen MR) is 141 cm³/mol. The summed E-state index contributed by atoms with van der Waals surface area (Å²) in [5.41, 5.74) is 5.66. The Morgan fingerprint density at radius 3 is 2.43 bits per heavy atom. The molecule has 6 nitrogen and oxygen atoms in total. The van der Waals surface area contributed by atoms with E-state index in [2.05, 4.69) is 16.9 Å². The Morgan fingerprint density at radius 2 is 1.80 bits per heavy atom. The fraction of sp³-hybridized carbons (Fsp3) is 0.148. The minimum absolute atomic E-state index is 0.109. The summed E-state index contributed by atoms with van der Waals surface area (Å²) < 4.78 is 1.93. The van der Waals surface area contributed by atoms with Crippen LogP contribution in [0.15, 0.2) is 84.7 Å². The number of carbonyl (C=O) groups is 2. The summed E-state index contributed by atoms with van der Waals surface area (Å²) in [4.78, 5) is 25.5. The molecule has 0 atom stereocenters. The number of carbonyl (C=O) groups excluding carboxylic acids is 1.